The number of hydrogen-bond acceptors (Lipinski definition) is 6. The average Bonchev–Trinajstić information content (AvgIpc) is 2.06. The third kappa shape index (κ3) is 1.38. The Hall–Kier alpha value is -0.200. The van der Waals surface area contributed by atoms with Gasteiger partial charge < -0.3 is 0 Å². The highest BCUT2D eigenvalue weighted by molar-refractivity contribution is 9.12. The molecule has 56 valence electrons. The maximum Gasteiger partial charge on any atom is 0.250 e. The van der Waals surface area contributed by atoms with Crippen LogP contribution in [0.5, 0.6) is 0 Å². The fraction of sp³-hybridized carbons (Fsp3) is 0. The van der Waals surface area contributed by atoms with Crippen LogP contribution in [-0.4, -0.2) is 15.1 Å². The molecule has 1 aliphatic rings. The van der Waals surface area contributed by atoms with Crippen molar-refractivity contribution in [1.29, 1.82) is 0 Å². The number of aromatic nitrogens is 2. The number of hydrogen-bond donors (Lipinski definition) is 0. The minimum absolute atomic E-state index is 0.0196. The molecule has 0 saturated carbocycles. The van der Waals surface area contributed by atoms with E-state index in [1.807, 2.05) is 0 Å². The molecule has 0 radical (unpaired) electrons. The molecule has 0 unspecified atom stereocenters. The van der Waals surface area contributed by atoms with Crippen LogP contribution in [0.3, 0.4) is 0 Å². The van der Waals surface area contributed by atoms with E-state index < -0.39 is 0 Å². The number of carbonyl (C=O) groups is 1. The lowest BCUT2D eigenvalue weighted by molar-refractivity contribution is 0.108. The van der Waals surface area contributed by atoms with Gasteiger partial charge in [-0.25, -0.2) is 9.97 Å². The van der Waals surface area contributed by atoms with Crippen molar-refractivity contribution < 1.29 is 4.79 Å². The Morgan fingerprint density at radius 1 is 1.36 bits per heavy atom. The SMILES string of the molecule is O=C1SSSc2cncnc21. The molecule has 0 spiro atoms. The minimum atomic E-state index is 0.0196. The number of fused-ring (bicyclic) bond motifs is 1. The monoisotopic (exact) mass is 202 g/mol. The summed E-state index contributed by atoms with van der Waals surface area (Å²) in [7, 11) is 4.19. The van der Waals surface area contributed by atoms with Crippen LogP contribution >= 0.6 is 31.4 Å². The molecule has 0 N–H and O–H groups in total. The van der Waals surface area contributed by atoms with E-state index in [1.165, 1.54) is 37.7 Å². The van der Waals surface area contributed by atoms with Gasteiger partial charge in [0.1, 0.15) is 12.0 Å². The minimum Gasteiger partial charge on any atom is -0.279 e. The Balaban J connectivity index is 2.52. The molecule has 1 aromatic heterocycles. The van der Waals surface area contributed by atoms with Crippen molar-refractivity contribution in [3.05, 3.63) is 18.2 Å². The lowest BCUT2D eigenvalue weighted by Gasteiger charge is -2.08. The Labute approximate surface area is 74.6 Å². The highest BCUT2D eigenvalue weighted by atomic mass is 33.5. The average molecular weight is 202 g/mol. The van der Waals surface area contributed by atoms with Crippen molar-refractivity contribution >= 4 is 36.5 Å². The molecule has 11 heavy (non-hydrogen) atoms. The van der Waals surface area contributed by atoms with Gasteiger partial charge in [-0.05, 0) is 31.4 Å². The molecule has 0 saturated heterocycles. The Morgan fingerprint density at radius 2 is 2.27 bits per heavy atom. The lowest BCUT2D eigenvalue weighted by atomic mass is 10.4. The number of carbonyl (C=O) groups excluding carboxylic acids is 1. The summed E-state index contributed by atoms with van der Waals surface area (Å²) >= 11 is 0. The van der Waals surface area contributed by atoms with Gasteiger partial charge in [-0.15, -0.1) is 0 Å². The van der Waals surface area contributed by atoms with E-state index in [4.69, 9.17) is 0 Å². The predicted molar refractivity (Wildman–Crippen MR) is 47.4 cm³/mol. The van der Waals surface area contributed by atoms with Gasteiger partial charge in [-0.1, -0.05) is 0 Å². The van der Waals surface area contributed by atoms with Crippen LogP contribution in [0.4, 0.5) is 0 Å². The molecule has 2 heterocycles. The molecule has 0 aromatic carbocycles. The van der Waals surface area contributed by atoms with Gasteiger partial charge in [0.2, 0.25) is 5.12 Å². The summed E-state index contributed by atoms with van der Waals surface area (Å²) in [4.78, 5) is 19.7. The molecule has 0 fully saturated rings. The normalized spacial score (nSPS) is 16.2. The van der Waals surface area contributed by atoms with Gasteiger partial charge in [0.15, 0.2) is 0 Å². The summed E-state index contributed by atoms with van der Waals surface area (Å²) in [5.74, 6) is 0. The third-order valence-electron chi connectivity index (χ3n) is 1.11. The van der Waals surface area contributed by atoms with E-state index in [0.29, 0.717) is 5.69 Å². The van der Waals surface area contributed by atoms with Crippen LogP contribution < -0.4 is 0 Å². The molecule has 1 aliphatic heterocycles. The van der Waals surface area contributed by atoms with Gasteiger partial charge in [0.05, 0.1) is 4.90 Å². The first-order valence-corrected chi connectivity index (χ1v) is 6.22. The van der Waals surface area contributed by atoms with Crippen molar-refractivity contribution in [3.63, 3.8) is 0 Å². The first-order valence-electron chi connectivity index (χ1n) is 2.73. The van der Waals surface area contributed by atoms with Gasteiger partial charge in [-0.2, -0.15) is 0 Å². The van der Waals surface area contributed by atoms with Crippen molar-refractivity contribution in [2.75, 3.05) is 0 Å². The fourth-order valence-corrected chi connectivity index (χ4v) is 4.09. The second kappa shape index (κ2) is 3.04. The standard InChI is InChI=1S/C5H2N2OS3/c8-5-4-3(9-11-10-5)1-6-2-7-4/h1-2H. The van der Waals surface area contributed by atoms with E-state index in [0.717, 1.165) is 4.90 Å². The molecule has 0 amide bonds. The zero-order valence-electron chi connectivity index (χ0n) is 5.18. The van der Waals surface area contributed by atoms with Gasteiger partial charge in [0.25, 0.3) is 0 Å². The van der Waals surface area contributed by atoms with E-state index >= 15 is 0 Å². The molecule has 0 atom stereocenters. The highest BCUT2D eigenvalue weighted by Crippen LogP contribution is 2.47. The van der Waals surface area contributed by atoms with Crippen molar-refractivity contribution in [2.45, 2.75) is 4.90 Å². The molecule has 6 heteroatoms. The Kier molecular flexibility index (Phi) is 2.06. The largest absolute Gasteiger partial charge is 0.279 e. The maximum absolute atomic E-state index is 11.1. The molecular formula is C5H2N2OS3. The molecule has 3 nitrogen and oxygen atoms in total. The first kappa shape index (κ1) is 7.45. The zero-order valence-corrected chi connectivity index (χ0v) is 7.63. The number of rotatable bonds is 0. The zero-order chi connectivity index (χ0) is 7.68. The van der Waals surface area contributed by atoms with Crippen LogP contribution in [-0.2, 0) is 0 Å². The molecule has 2 rings (SSSR count). The first-order chi connectivity index (χ1) is 5.38. The third-order valence-corrected chi connectivity index (χ3v) is 4.69. The summed E-state index contributed by atoms with van der Waals surface area (Å²) in [6.07, 6.45) is 3.06. The summed E-state index contributed by atoms with van der Waals surface area (Å²) in [6, 6.07) is 0. The van der Waals surface area contributed by atoms with Crippen molar-refractivity contribution in [2.24, 2.45) is 0 Å². The van der Waals surface area contributed by atoms with E-state index in [1.54, 1.807) is 6.20 Å². The second-order valence-corrected chi connectivity index (χ2v) is 5.67. The lowest BCUT2D eigenvalue weighted by Crippen LogP contribution is -2.01. The summed E-state index contributed by atoms with van der Waals surface area (Å²) < 4.78 is 0. The van der Waals surface area contributed by atoms with E-state index in [-0.39, 0.29) is 5.12 Å². The van der Waals surface area contributed by atoms with Crippen LogP contribution in [0.15, 0.2) is 17.4 Å². The van der Waals surface area contributed by atoms with E-state index in [9.17, 15) is 4.79 Å². The molecular weight excluding hydrogens is 200 g/mol. The fourth-order valence-electron chi connectivity index (χ4n) is 0.655. The highest BCUT2D eigenvalue weighted by Gasteiger charge is 2.20. The topological polar surface area (TPSA) is 42.9 Å². The quantitative estimate of drug-likeness (QED) is 0.600. The smallest absolute Gasteiger partial charge is 0.250 e. The maximum atomic E-state index is 11.1. The summed E-state index contributed by atoms with van der Waals surface area (Å²) in [6.45, 7) is 0. The van der Waals surface area contributed by atoms with Crippen LogP contribution in [0.25, 0.3) is 0 Å². The van der Waals surface area contributed by atoms with Crippen LogP contribution in [0.1, 0.15) is 10.5 Å². The molecule has 0 bridgehead atoms. The van der Waals surface area contributed by atoms with Crippen LogP contribution in [0.2, 0.25) is 0 Å². The predicted octanol–water partition coefficient (Wildman–Crippen LogP) is 2.02. The molecule has 1 aromatic rings. The van der Waals surface area contributed by atoms with Gasteiger partial charge in [-0.3, -0.25) is 4.79 Å². The Bertz CT molecular complexity index is 304. The van der Waals surface area contributed by atoms with Crippen molar-refractivity contribution in [3.8, 4) is 0 Å². The van der Waals surface area contributed by atoms with Crippen LogP contribution in [0, 0.1) is 0 Å². The van der Waals surface area contributed by atoms with Gasteiger partial charge >= 0.3 is 0 Å². The second-order valence-electron chi connectivity index (χ2n) is 1.76. The summed E-state index contributed by atoms with van der Waals surface area (Å²) in [5, 5.41) is 0.0196. The van der Waals surface area contributed by atoms with Gasteiger partial charge in [0, 0.05) is 6.20 Å². The Morgan fingerprint density at radius 3 is 3.09 bits per heavy atom. The summed E-state index contributed by atoms with van der Waals surface area (Å²) in [5.41, 5.74) is 0.536. The van der Waals surface area contributed by atoms with Crippen molar-refractivity contribution in [1.82, 2.24) is 9.97 Å². The van der Waals surface area contributed by atoms with E-state index in [2.05, 4.69) is 9.97 Å². The molecule has 0 aliphatic carbocycles. The number of nitrogens with zero attached hydrogens (tertiary/aromatic N) is 2.